The summed E-state index contributed by atoms with van der Waals surface area (Å²) in [6.07, 6.45) is 0.490. The highest BCUT2D eigenvalue weighted by molar-refractivity contribution is 7.80. The number of amides is 1. The van der Waals surface area contributed by atoms with E-state index in [1.54, 1.807) is 0 Å². The van der Waals surface area contributed by atoms with Gasteiger partial charge in [-0.15, -0.1) is 0 Å². The molecule has 1 atom stereocenters. The molecule has 3 nitrogen and oxygen atoms in total. The van der Waals surface area contributed by atoms with Crippen LogP contribution in [0.5, 0.6) is 0 Å². The van der Waals surface area contributed by atoms with Crippen molar-refractivity contribution in [3.63, 3.8) is 0 Å². The van der Waals surface area contributed by atoms with Gasteiger partial charge in [0.2, 0.25) is 0 Å². The molecule has 0 rings (SSSR count). The number of carbonyl (C=O) groups excluding carboxylic acids is 1. The van der Waals surface area contributed by atoms with Crippen molar-refractivity contribution in [2.24, 2.45) is 0 Å². The lowest BCUT2D eigenvalue weighted by molar-refractivity contribution is 0.0527. The van der Waals surface area contributed by atoms with Crippen molar-refractivity contribution in [1.82, 2.24) is 5.32 Å². The van der Waals surface area contributed by atoms with Gasteiger partial charge in [0.1, 0.15) is 5.60 Å². The molecule has 0 fully saturated rings. The van der Waals surface area contributed by atoms with Crippen LogP contribution < -0.4 is 5.32 Å². The number of ether oxygens (including phenoxy) is 1. The summed E-state index contributed by atoms with van der Waals surface area (Å²) in [5.41, 5.74) is -0.420. The molecule has 0 aromatic carbocycles. The Morgan fingerprint density at radius 1 is 1.54 bits per heavy atom. The first-order chi connectivity index (χ1) is 5.81. The molecule has 0 aliphatic heterocycles. The average Bonchev–Trinajstić information content (AvgIpc) is 1.81. The molecular formula is C9H19NO2S. The summed E-state index contributed by atoms with van der Waals surface area (Å²) in [4.78, 5) is 11.1. The van der Waals surface area contributed by atoms with E-state index < -0.39 is 5.60 Å². The summed E-state index contributed by atoms with van der Waals surface area (Å²) in [5.74, 6) is 0. The van der Waals surface area contributed by atoms with Crippen LogP contribution in [0, 0.1) is 0 Å². The summed E-state index contributed by atoms with van der Waals surface area (Å²) in [6, 6.07) is 0. The maximum absolute atomic E-state index is 11.1. The number of thiol groups is 1. The largest absolute Gasteiger partial charge is 0.444 e. The SMILES string of the molecule is CC(S)CCNC(=O)OC(C)(C)C. The van der Waals surface area contributed by atoms with Gasteiger partial charge in [0.25, 0.3) is 0 Å². The Balaban J connectivity index is 3.53. The van der Waals surface area contributed by atoms with Gasteiger partial charge in [-0.05, 0) is 27.2 Å². The van der Waals surface area contributed by atoms with Crippen LogP contribution in [-0.4, -0.2) is 23.5 Å². The molecule has 0 radical (unpaired) electrons. The highest BCUT2D eigenvalue weighted by Crippen LogP contribution is 2.06. The molecule has 0 heterocycles. The first-order valence-corrected chi connectivity index (χ1v) is 4.98. The van der Waals surface area contributed by atoms with Crippen molar-refractivity contribution in [1.29, 1.82) is 0 Å². The molecule has 0 aromatic heterocycles. The quantitative estimate of drug-likeness (QED) is 0.693. The van der Waals surface area contributed by atoms with E-state index in [2.05, 4.69) is 17.9 Å². The van der Waals surface area contributed by atoms with Crippen molar-refractivity contribution < 1.29 is 9.53 Å². The summed E-state index contributed by atoms with van der Waals surface area (Å²) in [5, 5.41) is 2.96. The number of hydrogen-bond donors (Lipinski definition) is 2. The highest BCUT2D eigenvalue weighted by atomic mass is 32.1. The van der Waals surface area contributed by atoms with E-state index in [0.717, 1.165) is 6.42 Å². The minimum Gasteiger partial charge on any atom is -0.444 e. The van der Waals surface area contributed by atoms with Gasteiger partial charge in [0.05, 0.1) is 0 Å². The third-order valence-electron chi connectivity index (χ3n) is 1.23. The van der Waals surface area contributed by atoms with Gasteiger partial charge < -0.3 is 10.1 Å². The normalized spacial score (nSPS) is 13.6. The van der Waals surface area contributed by atoms with E-state index in [9.17, 15) is 4.79 Å². The van der Waals surface area contributed by atoms with Gasteiger partial charge in [-0.1, -0.05) is 6.92 Å². The average molecular weight is 205 g/mol. The molecule has 0 aliphatic carbocycles. The minimum absolute atomic E-state index is 0.301. The number of alkyl carbamates (subject to hydrolysis) is 1. The fourth-order valence-electron chi connectivity index (χ4n) is 0.697. The van der Waals surface area contributed by atoms with E-state index in [-0.39, 0.29) is 6.09 Å². The lowest BCUT2D eigenvalue weighted by Crippen LogP contribution is -2.33. The van der Waals surface area contributed by atoms with Gasteiger partial charge in [-0.2, -0.15) is 12.6 Å². The van der Waals surface area contributed by atoms with Crippen molar-refractivity contribution in [2.45, 2.75) is 45.0 Å². The fourth-order valence-corrected chi connectivity index (χ4v) is 0.826. The third kappa shape index (κ3) is 9.53. The topological polar surface area (TPSA) is 38.3 Å². The first-order valence-electron chi connectivity index (χ1n) is 4.46. The molecule has 1 unspecified atom stereocenters. The van der Waals surface area contributed by atoms with Crippen molar-refractivity contribution in [3.8, 4) is 0 Å². The van der Waals surface area contributed by atoms with E-state index in [0.29, 0.717) is 11.8 Å². The smallest absolute Gasteiger partial charge is 0.407 e. The molecule has 0 aromatic rings. The van der Waals surface area contributed by atoms with Gasteiger partial charge in [0.15, 0.2) is 0 Å². The Morgan fingerprint density at radius 3 is 2.46 bits per heavy atom. The Hall–Kier alpha value is -0.380. The molecule has 0 spiro atoms. The number of hydrogen-bond acceptors (Lipinski definition) is 3. The van der Waals surface area contributed by atoms with Crippen LogP contribution >= 0.6 is 12.6 Å². The van der Waals surface area contributed by atoms with Crippen LogP contribution in [0.25, 0.3) is 0 Å². The predicted octanol–water partition coefficient (Wildman–Crippen LogP) is 2.22. The highest BCUT2D eigenvalue weighted by Gasteiger charge is 2.15. The van der Waals surface area contributed by atoms with Crippen LogP contribution in [0.3, 0.4) is 0 Å². The zero-order valence-corrected chi connectivity index (χ0v) is 9.65. The Labute approximate surface area is 85.6 Å². The zero-order valence-electron chi connectivity index (χ0n) is 8.76. The van der Waals surface area contributed by atoms with Crippen LogP contribution in [-0.2, 0) is 4.74 Å². The molecule has 1 amide bonds. The van der Waals surface area contributed by atoms with Crippen LogP contribution in [0.1, 0.15) is 34.1 Å². The van der Waals surface area contributed by atoms with Crippen molar-refractivity contribution >= 4 is 18.7 Å². The summed E-state index contributed by atoms with van der Waals surface area (Å²) < 4.78 is 5.04. The zero-order chi connectivity index (χ0) is 10.5. The van der Waals surface area contributed by atoms with Crippen molar-refractivity contribution in [3.05, 3.63) is 0 Å². The number of nitrogens with one attached hydrogen (secondary N) is 1. The number of carbonyl (C=O) groups is 1. The second-order valence-electron chi connectivity index (χ2n) is 4.07. The molecule has 0 bridgehead atoms. The van der Waals surface area contributed by atoms with Crippen LogP contribution in [0.15, 0.2) is 0 Å². The predicted molar refractivity (Wildman–Crippen MR) is 57.3 cm³/mol. The lowest BCUT2D eigenvalue weighted by Gasteiger charge is -2.19. The monoisotopic (exact) mass is 205 g/mol. The van der Waals surface area contributed by atoms with Crippen LogP contribution in [0.4, 0.5) is 4.79 Å². The second-order valence-corrected chi connectivity index (χ2v) is 4.95. The van der Waals surface area contributed by atoms with Gasteiger partial charge in [-0.3, -0.25) is 0 Å². The standard InChI is InChI=1S/C9H19NO2S/c1-7(13)5-6-10-8(11)12-9(2,3)4/h7,13H,5-6H2,1-4H3,(H,10,11). The van der Waals surface area contributed by atoms with Gasteiger partial charge in [0, 0.05) is 11.8 Å². The maximum atomic E-state index is 11.1. The summed E-state index contributed by atoms with van der Waals surface area (Å²) >= 11 is 4.19. The molecule has 0 aliphatic rings. The lowest BCUT2D eigenvalue weighted by atomic mass is 10.2. The van der Waals surface area contributed by atoms with E-state index >= 15 is 0 Å². The molecular weight excluding hydrogens is 186 g/mol. The number of rotatable bonds is 3. The van der Waals surface area contributed by atoms with Crippen molar-refractivity contribution in [2.75, 3.05) is 6.54 Å². The fraction of sp³-hybridized carbons (Fsp3) is 0.889. The Morgan fingerprint density at radius 2 is 2.08 bits per heavy atom. The van der Waals surface area contributed by atoms with E-state index in [1.165, 1.54) is 0 Å². The van der Waals surface area contributed by atoms with Gasteiger partial charge >= 0.3 is 6.09 Å². The van der Waals surface area contributed by atoms with Crippen LogP contribution in [0.2, 0.25) is 0 Å². The third-order valence-corrected chi connectivity index (χ3v) is 1.49. The maximum Gasteiger partial charge on any atom is 0.407 e. The second kappa shape index (κ2) is 5.37. The summed E-state index contributed by atoms with van der Waals surface area (Å²) in [6.45, 7) is 8.12. The molecule has 13 heavy (non-hydrogen) atoms. The molecule has 1 N–H and O–H groups in total. The minimum atomic E-state index is -0.420. The van der Waals surface area contributed by atoms with E-state index in [1.807, 2.05) is 27.7 Å². The van der Waals surface area contributed by atoms with E-state index in [4.69, 9.17) is 4.74 Å². The van der Waals surface area contributed by atoms with Gasteiger partial charge in [-0.25, -0.2) is 4.79 Å². The molecule has 0 saturated carbocycles. The molecule has 4 heteroatoms. The summed E-state index contributed by atoms with van der Waals surface area (Å²) in [7, 11) is 0. The molecule has 78 valence electrons. The first kappa shape index (κ1) is 12.6. The Bertz CT molecular complexity index is 163. The molecule has 0 saturated heterocycles. The Kier molecular flexibility index (Phi) is 5.21.